The molecule has 1 aromatic heterocycles. The van der Waals surface area contributed by atoms with Gasteiger partial charge in [0.1, 0.15) is 5.82 Å². The van der Waals surface area contributed by atoms with Gasteiger partial charge in [0.25, 0.3) is 5.91 Å². The summed E-state index contributed by atoms with van der Waals surface area (Å²) in [6.45, 7) is 3.89. The van der Waals surface area contributed by atoms with Crippen molar-refractivity contribution in [1.29, 1.82) is 0 Å². The van der Waals surface area contributed by atoms with Gasteiger partial charge in [0.05, 0.1) is 10.2 Å². The number of halogens is 3. The Kier molecular flexibility index (Phi) is 4.73. The van der Waals surface area contributed by atoms with Crippen LogP contribution in [0.3, 0.4) is 0 Å². The number of hydrogen-bond donors (Lipinski definition) is 0. The molecule has 0 aliphatic heterocycles. The second-order valence-corrected chi connectivity index (χ2v) is 6.87. The quantitative estimate of drug-likeness (QED) is 0.579. The number of rotatable bonds is 3. The molecule has 1 amide bonds. The monoisotopic (exact) mass is 408 g/mol. The first-order chi connectivity index (χ1) is 11.5. The largest absolute Gasteiger partial charge is 0.310 e. The summed E-state index contributed by atoms with van der Waals surface area (Å²) < 4.78 is 30.3. The Morgan fingerprint density at radius 3 is 2.67 bits per heavy atom. The number of aromatic nitrogens is 1. The maximum absolute atomic E-state index is 14.1. The summed E-state index contributed by atoms with van der Waals surface area (Å²) >= 11 is 4.36. The van der Waals surface area contributed by atoms with Gasteiger partial charge in [0, 0.05) is 22.6 Å². The fraction of sp³-hybridized carbons (Fsp3) is 0.0588. The normalized spacial score (nSPS) is 11.9. The minimum atomic E-state index is -0.694. The Balaban J connectivity index is 2.19. The molecule has 0 atom stereocenters. The molecule has 0 unspecified atom stereocenters. The highest BCUT2D eigenvalue weighted by Gasteiger charge is 2.13. The maximum Gasteiger partial charge on any atom is 0.279 e. The van der Waals surface area contributed by atoms with Crippen LogP contribution in [-0.2, 0) is 6.54 Å². The lowest BCUT2D eigenvalue weighted by Crippen LogP contribution is -2.16. The lowest BCUT2D eigenvalue weighted by Gasteiger charge is -2.02. The van der Waals surface area contributed by atoms with Crippen LogP contribution in [0.5, 0.6) is 0 Å². The minimum Gasteiger partial charge on any atom is -0.310 e. The van der Waals surface area contributed by atoms with Crippen LogP contribution >= 0.6 is 27.3 Å². The molecular weight excluding hydrogens is 398 g/mol. The van der Waals surface area contributed by atoms with Crippen molar-refractivity contribution < 1.29 is 13.6 Å². The lowest BCUT2D eigenvalue weighted by atomic mass is 10.2. The lowest BCUT2D eigenvalue weighted by molar-refractivity contribution is 0.0998. The Labute approximate surface area is 148 Å². The molecule has 2 aromatic carbocycles. The van der Waals surface area contributed by atoms with Crippen LogP contribution in [0.25, 0.3) is 10.2 Å². The SMILES string of the molecule is C=CCn1c(=NC(=O)c2ccc(Br)cc2)sc2cc(F)cc(F)c21. The summed E-state index contributed by atoms with van der Waals surface area (Å²) in [6, 6.07) is 8.80. The number of hydrogen-bond acceptors (Lipinski definition) is 2. The van der Waals surface area contributed by atoms with Crippen molar-refractivity contribution in [3.63, 3.8) is 0 Å². The van der Waals surface area contributed by atoms with E-state index in [0.717, 1.165) is 21.9 Å². The molecule has 0 N–H and O–H groups in total. The van der Waals surface area contributed by atoms with Gasteiger partial charge in [-0.1, -0.05) is 33.3 Å². The molecule has 0 saturated heterocycles. The number of fused-ring (bicyclic) bond motifs is 1. The number of thiazole rings is 1. The number of allylic oxidation sites excluding steroid dienone is 1. The van der Waals surface area contributed by atoms with Gasteiger partial charge in [-0.25, -0.2) is 8.78 Å². The summed E-state index contributed by atoms with van der Waals surface area (Å²) in [4.78, 5) is 16.7. The molecule has 0 fully saturated rings. The number of carbonyl (C=O) groups is 1. The standard InChI is InChI=1S/C17H11BrF2N2OS/c1-2-7-22-15-13(20)8-12(19)9-14(15)24-17(22)21-16(23)10-3-5-11(18)6-4-10/h2-6,8-9H,1,7H2. The van der Waals surface area contributed by atoms with Crippen LogP contribution in [0, 0.1) is 11.6 Å². The van der Waals surface area contributed by atoms with Gasteiger partial charge < -0.3 is 4.57 Å². The molecule has 0 saturated carbocycles. The molecule has 7 heteroatoms. The average Bonchev–Trinajstić information content (AvgIpc) is 2.85. The molecule has 1 heterocycles. The van der Waals surface area contributed by atoms with Crippen molar-refractivity contribution in [2.45, 2.75) is 6.54 Å². The molecule has 0 radical (unpaired) electrons. The summed E-state index contributed by atoms with van der Waals surface area (Å²) in [5.41, 5.74) is 0.621. The Morgan fingerprint density at radius 1 is 1.29 bits per heavy atom. The highest BCUT2D eigenvalue weighted by Crippen LogP contribution is 2.22. The molecular formula is C17H11BrF2N2OS. The van der Waals surface area contributed by atoms with Crippen molar-refractivity contribution in [1.82, 2.24) is 4.57 Å². The number of amides is 1. The molecule has 0 bridgehead atoms. The first kappa shape index (κ1) is 16.7. The van der Waals surface area contributed by atoms with Crippen molar-refractivity contribution >= 4 is 43.4 Å². The predicted molar refractivity (Wildman–Crippen MR) is 94.0 cm³/mol. The Hall–Kier alpha value is -2.12. The first-order valence-corrected chi connectivity index (χ1v) is 8.54. The number of benzene rings is 2. The van der Waals surface area contributed by atoms with E-state index in [9.17, 15) is 13.6 Å². The summed E-state index contributed by atoms with van der Waals surface area (Å²) in [5.74, 6) is -1.81. The maximum atomic E-state index is 14.1. The van der Waals surface area contributed by atoms with E-state index in [0.29, 0.717) is 15.1 Å². The molecule has 3 nitrogen and oxygen atoms in total. The zero-order chi connectivity index (χ0) is 17.3. The van der Waals surface area contributed by atoms with Gasteiger partial charge in [-0.2, -0.15) is 4.99 Å². The first-order valence-electron chi connectivity index (χ1n) is 6.93. The van der Waals surface area contributed by atoms with Gasteiger partial charge in [-0.05, 0) is 30.3 Å². The van der Waals surface area contributed by atoms with E-state index in [2.05, 4.69) is 27.5 Å². The molecule has 3 rings (SSSR count). The fourth-order valence-corrected chi connectivity index (χ4v) is 3.60. The summed E-state index contributed by atoms with van der Waals surface area (Å²) in [5, 5.41) is 0. The molecule has 122 valence electrons. The van der Waals surface area contributed by atoms with E-state index in [-0.39, 0.29) is 12.1 Å². The van der Waals surface area contributed by atoms with Gasteiger partial charge in [-0.3, -0.25) is 4.79 Å². The van der Waals surface area contributed by atoms with E-state index in [1.165, 1.54) is 10.6 Å². The second-order valence-electron chi connectivity index (χ2n) is 4.94. The van der Waals surface area contributed by atoms with E-state index >= 15 is 0 Å². The Bertz CT molecular complexity index is 1010. The smallest absolute Gasteiger partial charge is 0.279 e. The minimum absolute atomic E-state index is 0.212. The van der Waals surface area contributed by atoms with Crippen molar-refractivity contribution in [2.24, 2.45) is 4.99 Å². The third kappa shape index (κ3) is 3.22. The van der Waals surface area contributed by atoms with Gasteiger partial charge in [0.2, 0.25) is 0 Å². The Morgan fingerprint density at radius 2 is 2.00 bits per heavy atom. The average molecular weight is 409 g/mol. The predicted octanol–water partition coefficient (Wildman–Crippen LogP) is 4.67. The van der Waals surface area contributed by atoms with E-state index in [4.69, 9.17) is 0 Å². The third-order valence-corrected chi connectivity index (χ3v) is 4.85. The summed E-state index contributed by atoms with van der Waals surface area (Å²) in [6.07, 6.45) is 1.57. The zero-order valence-electron chi connectivity index (χ0n) is 12.3. The van der Waals surface area contributed by atoms with Gasteiger partial charge in [-0.15, -0.1) is 6.58 Å². The van der Waals surface area contributed by atoms with Crippen molar-refractivity contribution in [3.05, 3.63) is 75.5 Å². The highest BCUT2D eigenvalue weighted by atomic mass is 79.9. The van der Waals surface area contributed by atoms with Crippen molar-refractivity contribution in [3.8, 4) is 0 Å². The topological polar surface area (TPSA) is 34.4 Å². The molecule has 24 heavy (non-hydrogen) atoms. The number of nitrogens with zero attached hydrogens (tertiary/aromatic N) is 2. The highest BCUT2D eigenvalue weighted by molar-refractivity contribution is 9.10. The molecule has 0 spiro atoms. The molecule has 0 aliphatic carbocycles. The fourth-order valence-electron chi connectivity index (χ4n) is 2.26. The summed E-state index contributed by atoms with van der Waals surface area (Å²) in [7, 11) is 0. The van der Waals surface area contributed by atoms with E-state index in [1.807, 2.05) is 0 Å². The third-order valence-electron chi connectivity index (χ3n) is 3.30. The van der Waals surface area contributed by atoms with E-state index < -0.39 is 17.5 Å². The van der Waals surface area contributed by atoms with Gasteiger partial charge >= 0.3 is 0 Å². The van der Waals surface area contributed by atoms with Crippen LogP contribution in [-0.4, -0.2) is 10.5 Å². The second kappa shape index (κ2) is 6.78. The molecule has 3 aromatic rings. The van der Waals surface area contributed by atoms with Crippen LogP contribution < -0.4 is 4.80 Å². The van der Waals surface area contributed by atoms with Crippen LogP contribution in [0.15, 0.2) is 58.5 Å². The van der Waals surface area contributed by atoms with Crippen LogP contribution in [0.2, 0.25) is 0 Å². The van der Waals surface area contributed by atoms with E-state index in [1.54, 1.807) is 30.3 Å². The molecule has 0 aliphatic rings. The van der Waals surface area contributed by atoms with Crippen molar-refractivity contribution in [2.75, 3.05) is 0 Å². The number of carbonyl (C=O) groups excluding carboxylic acids is 1. The zero-order valence-corrected chi connectivity index (χ0v) is 14.7. The van der Waals surface area contributed by atoms with Gasteiger partial charge in [0.15, 0.2) is 10.6 Å². The van der Waals surface area contributed by atoms with Crippen LogP contribution in [0.4, 0.5) is 8.78 Å². The van der Waals surface area contributed by atoms with Crippen LogP contribution in [0.1, 0.15) is 10.4 Å².